The van der Waals surface area contributed by atoms with Gasteiger partial charge in [0.1, 0.15) is 0 Å². The molecule has 4 nitrogen and oxygen atoms in total. The number of pyridine rings is 1. The van der Waals surface area contributed by atoms with E-state index in [9.17, 15) is 0 Å². The molecule has 0 fully saturated rings. The molecule has 0 aliphatic carbocycles. The van der Waals surface area contributed by atoms with E-state index in [4.69, 9.17) is 11.5 Å². The standard InChI is InChI=1S/C14H18N4/c1-8-6-9(2)13(10(3)7-8)18-14-12(16)11(15)4-5-17-14/h4-7H,16H2,1-3H3,(H3,15,17,18). The number of nitrogen functional groups attached to an aromatic ring is 2. The fourth-order valence-electron chi connectivity index (χ4n) is 2.08. The van der Waals surface area contributed by atoms with Crippen molar-refractivity contribution in [2.45, 2.75) is 20.8 Å². The van der Waals surface area contributed by atoms with Gasteiger partial charge in [-0.15, -0.1) is 0 Å². The molecular weight excluding hydrogens is 224 g/mol. The normalized spacial score (nSPS) is 10.4. The summed E-state index contributed by atoms with van der Waals surface area (Å²) in [5.74, 6) is 0.602. The lowest BCUT2D eigenvalue weighted by Crippen LogP contribution is -2.04. The van der Waals surface area contributed by atoms with Crippen molar-refractivity contribution in [2.24, 2.45) is 0 Å². The van der Waals surface area contributed by atoms with Gasteiger partial charge in [0.15, 0.2) is 5.82 Å². The van der Waals surface area contributed by atoms with Crippen molar-refractivity contribution in [3.63, 3.8) is 0 Å². The van der Waals surface area contributed by atoms with Gasteiger partial charge >= 0.3 is 0 Å². The van der Waals surface area contributed by atoms with E-state index in [2.05, 4.69) is 43.2 Å². The van der Waals surface area contributed by atoms with Crippen LogP contribution in [0.25, 0.3) is 0 Å². The van der Waals surface area contributed by atoms with Crippen LogP contribution in [0.2, 0.25) is 0 Å². The van der Waals surface area contributed by atoms with Gasteiger partial charge in [0.2, 0.25) is 0 Å². The zero-order valence-corrected chi connectivity index (χ0v) is 10.9. The first-order chi connectivity index (χ1) is 8.49. The topological polar surface area (TPSA) is 77.0 Å². The number of nitrogens with zero attached hydrogens (tertiary/aromatic N) is 1. The second-order valence-corrected chi connectivity index (χ2v) is 4.56. The minimum Gasteiger partial charge on any atom is -0.397 e. The monoisotopic (exact) mass is 242 g/mol. The van der Waals surface area contributed by atoms with Gasteiger partial charge in [-0.3, -0.25) is 0 Å². The third-order valence-corrected chi connectivity index (χ3v) is 2.94. The van der Waals surface area contributed by atoms with Crippen molar-refractivity contribution in [3.8, 4) is 0 Å². The molecule has 0 atom stereocenters. The fraction of sp³-hybridized carbons (Fsp3) is 0.214. The first-order valence-electron chi connectivity index (χ1n) is 5.84. The average Bonchev–Trinajstić information content (AvgIpc) is 2.28. The second kappa shape index (κ2) is 4.56. The molecule has 1 aromatic carbocycles. The van der Waals surface area contributed by atoms with E-state index < -0.39 is 0 Å². The Kier molecular flexibility index (Phi) is 3.10. The summed E-state index contributed by atoms with van der Waals surface area (Å²) < 4.78 is 0. The summed E-state index contributed by atoms with van der Waals surface area (Å²) in [7, 11) is 0. The van der Waals surface area contributed by atoms with Gasteiger partial charge in [0, 0.05) is 11.9 Å². The van der Waals surface area contributed by atoms with Crippen LogP contribution in [0, 0.1) is 20.8 Å². The molecule has 0 unspecified atom stereocenters. The van der Waals surface area contributed by atoms with Gasteiger partial charge in [-0.05, 0) is 38.0 Å². The molecule has 0 aliphatic heterocycles. The van der Waals surface area contributed by atoms with Crippen LogP contribution in [0.4, 0.5) is 22.9 Å². The lowest BCUT2D eigenvalue weighted by Gasteiger charge is -2.15. The van der Waals surface area contributed by atoms with Crippen molar-refractivity contribution in [1.82, 2.24) is 4.98 Å². The Morgan fingerprint density at radius 2 is 1.67 bits per heavy atom. The first kappa shape index (κ1) is 12.2. The molecule has 1 heterocycles. The zero-order valence-electron chi connectivity index (χ0n) is 10.9. The highest BCUT2D eigenvalue weighted by atomic mass is 15.0. The van der Waals surface area contributed by atoms with E-state index in [1.807, 2.05) is 0 Å². The summed E-state index contributed by atoms with van der Waals surface area (Å²) in [6.45, 7) is 6.20. The van der Waals surface area contributed by atoms with Gasteiger partial charge in [-0.25, -0.2) is 4.98 Å². The number of aryl methyl sites for hydroxylation is 3. The lowest BCUT2D eigenvalue weighted by atomic mass is 10.1. The van der Waals surface area contributed by atoms with Crippen LogP contribution >= 0.6 is 0 Å². The van der Waals surface area contributed by atoms with Crippen molar-refractivity contribution in [1.29, 1.82) is 0 Å². The maximum absolute atomic E-state index is 5.91. The smallest absolute Gasteiger partial charge is 0.155 e. The zero-order chi connectivity index (χ0) is 13.3. The van der Waals surface area contributed by atoms with E-state index in [-0.39, 0.29) is 0 Å². The average molecular weight is 242 g/mol. The Morgan fingerprint density at radius 1 is 1.06 bits per heavy atom. The van der Waals surface area contributed by atoms with Crippen LogP contribution in [0.5, 0.6) is 0 Å². The number of rotatable bonds is 2. The Bertz CT molecular complexity index is 567. The van der Waals surface area contributed by atoms with Crippen LogP contribution in [-0.2, 0) is 0 Å². The van der Waals surface area contributed by atoms with Crippen molar-refractivity contribution in [2.75, 3.05) is 16.8 Å². The highest BCUT2D eigenvalue weighted by molar-refractivity contribution is 5.80. The maximum Gasteiger partial charge on any atom is 0.155 e. The van der Waals surface area contributed by atoms with Crippen molar-refractivity contribution >= 4 is 22.9 Å². The molecule has 0 radical (unpaired) electrons. The predicted octanol–water partition coefficient (Wildman–Crippen LogP) is 2.91. The van der Waals surface area contributed by atoms with Crippen molar-refractivity contribution in [3.05, 3.63) is 41.1 Å². The number of benzene rings is 1. The third-order valence-electron chi connectivity index (χ3n) is 2.94. The molecule has 1 aromatic heterocycles. The number of nitrogens with two attached hydrogens (primary N) is 2. The van der Waals surface area contributed by atoms with Gasteiger partial charge < -0.3 is 16.8 Å². The largest absolute Gasteiger partial charge is 0.397 e. The van der Waals surface area contributed by atoms with E-state index in [0.29, 0.717) is 17.2 Å². The predicted molar refractivity (Wildman–Crippen MR) is 77.0 cm³/mol. The summed E-state index contributed by atoms with van der Waals surface area (Å²) >= 11 is 0. The summed E-state index contributed by atoms with van der Waals surface area (Å²) in [6.07, 6.45) is 1.65. The molecule has 0 saturated heterocycles. The minimum absolute atomic E-state index is 0.483. The molecule has 2 rings (SSSR count). The Labute approximate surface area is 107 Å². The number of hydrogen-bond acceptors (Lipinski definition) is 4. The van der Waals surface area contributed by atoms with Gasteiger partial charge in [-0.1, -0.05) is 17.7 Å². The van der Waals surface area contributed by atoms with Crippen LogP contribution < -0.4 is 16.8 Å². The van der Waals surface area contributed by atoms with Gasteiger partial charge in [0.05, 0.1) is 11.4 Å². The summed E-state index contributed by atoms with van der Waals surface area (Å²) in [5.41, 5.74) is 17.3. The van der Waals surface area contributed by atoms with Crippen molar-refractivity contribution < 1.29 is 0 Å². The molecule has 18 heavy (non-hydrogen) atoms. The molecule has 0 bridgehead atoms. The SMILES string of the molecule is Cc1cc(C)c(Nc2nccc(N)c2N)c(C)c1. The molecule has 0 amide bonds. The highest BCUT2D eigenvalue weighted by Gasteiger charge is 2.08. The molecule has 4 heteroatoms. The molecular formula is C14H18N4. The minimum atomic E-state index is 0.483. The van der Waals surface area contributed by atoms with Crippen LogP contribution in [-0.4, -0.2) is 4.98 Å². The van der Waals surface area contributed by atoms with E-state index in [0.717, 1.165) is 16.8 Å². The summed E-state index contributed by atoms with van der Waals surface area (Å²) in [5, 5.41) is 3.26. The third kappa shape index (κ3) is 2.22. The highest BCUT2D eigenvalue weighted by Crippen LogP contribution is 2.29. The Balaban J connectivity index is 2.43. The van der Waals surface area contributed by atoms with Crippen LogP contribution in [0.3, 0.4) is 0 Å². The number of anilines is 4. The maximum atomic E-state index is 5.91. The first-order valence-corrected chi connectivity index (χ1v) is 5.84. The summed E-state index contributed by atoms with van der Waals surface area (Å²) in [6, 6.07) is 5.94. The molecule has 5 N–H and O–H groups in total. The van der Waals surface area contributed by atoms with Gasteiger partial charge in [0.25, 0.3) is 0 Å². The second-order valence-electron chi connectivity index (χ2n) is 4.56. The molecule has 2 aromatic rings. The van der Waals surface area contributed by atoms with E-state index in [1.54, 1.807) is 12.3 Å². The molecule has 0 spiro atoms. The number of nitrogens with one attached hydrogen (secondary N) is 1. The Morgan fingerprint density at radius 3 is 2.28 bits per heavy atom. The van der Waals surface area contributed by atoms with E-state index >= 15 is 0 Å². The van der Waals surface area contributed by atoms with Crippen LogP contribution in [0.15, 0.2) is 24.4 Å². The van der Waals surface area contributed by atoms with Crippen LogP contribution in [0.1, 0.15) is 16.7 Å². The quantitative estimate of drug-likeness (QED) is 0.756. The van der Waals surface area contributed by atoms with E-state index in [1.165, 1.54) is 5.56 Å². The molecule has 0 aliphatic rings. The molecule has 94 valence electrons. The molecule has 0 saturated carbocycles. The Hall–Kier alpha value is -2.23. The lowest BCUT2D eigenvalue weighted by molar-refractivity contribution is 1.27. The summed E-state index contributed by atoms with van der Waals surface area (Å²) in [4.78, 5) is 4.22. The number of hydrogen-bond donors (Lipinski definition) is 3. The number of aromatic nitrogens is 1. The fourth-order valence-corrected chi connectivity index (χ4v) is 2.08. The van der Waals surface area contributed by atoms with Gasteiger partial charge in [-0.2, -0.15) is 0 Å².